The highest BCUT2D eigenvalue weighted by atomic mass is 32.2. The van der Waals surface area contributed by atoms with Crippen LogP contribution in [0, 0.1) is 0 Å². The highest BCUT2D eigenvalue weighted by molar-refractivity contribution is 7.85. The molecule has 2 aromatic carbocycles. The first-order valence-corrected chi connectivity index (χ1v) is 12.9. The fraction of sp³-hybridized carbons (Fsp3) is 0.261. The zero-order valence-electron chi connectivity index (χ0n) is 16.7. The standard InChI is InChI=1S/C16H19O3PS.C7H10N/c17-21(18,19)14-8-7-13-20(15-9-3-1-4-10-15)16-11-5-2-6-12-16;1-2-8-6-4-3-5-7-8/h1-6,9-12H,7-8,13-14H2,(H,17,18,19);3-7H,2H2,1H3/q;+1/p-1. The van der Waals surface area contributed by atoms with Crippen LogP contribution in [0.25, 0.3) is 0 Å². The summed E-state index contributed by atoms with van der Waals surface area (Å²) in [5.41, 5.74) is 0. The van der Waals surface area contributed by atoms with Gasteiger partial charge >= 0.3 is 0 Å². The summed E-state index contributed by atoms with van der Waals surface area (Å²) in [6, 6.07) is 26.6. The van der Waals surface area contributed by atoms with E-state index in [9.17, 15) is 13.0 Å². The van der Waals surface area contributed by atoms with E-state index in [1.54, 1.807) is 0 Å². The van der Waals surface area contributed by atoms with Gasteiger partial charge in [0.05, 0.1) is 10.1 Å². The third-order valence-electron chi connectivity index (χ3n) is 4.30. The predicted molar refractivity (Wildman–Crippen MR) is 120 cm³/mol. The molecule has 6 heteroatoms. The van der Waals surface area contributed by atoms with Crippen molar-refractivity contribution in [2.45, 2.75) is 26.3 Å². The van der Waals surface area contributed by atoms with E-state index in [1.807, 2.05) is 54.6 Å². The zero-order valence-corrected chi connectivity index (χ0v) is 18.4. The quantitative estimate of drug-likeness (QED) is 0.239. The van der Waals surface area contributed by atoms with Crippen LogP contribution in [0.15, 0.2) is 91.3 Å². The highest BCUT2D eigenvalue weighted by Gasteiger charge is 2.12. The van der Waals surface area contributed by atoms with Crippen molar-refractivity contribution in [2.75, 3.05) is 11.9 Å². The van der Waals surface area contributed by atoms with Gasteiger partial charge in [-0.05, 0) is 44.5 Å². The Morgan fingerprint density at radius 3 is 1.69 bits per heavy atom. The predicted octanol–water partition coefficient (Wildman–Crippen LogP) is 3.44. The molecule has 0 saturated heterocycles. The minimum atomic E-state index is -4.09. The van der Waals surface area contributed by atoms with Crippen LogP contribution in [0.1, 0.15) is 19.8 Å². The molecule has 1 aromatic heterocycles. The largest absolute Gasteiger partial charge is 0.748 e. The minimum absolute atomic E-state index is 0.264. The number of nitrogens with zero attached hydrogens (tertiary/aromatic N) is 1. The van der Waals surface area contributed by atoms with Crippen molar-refractivity contribution in [3.63, 3.8) is 0 Å². The van der Waals surface area contributed by atoms with Crippen LogP contribution < -0.4 is 15.2 Å². The molecule has 29 heavy (non-hydrogen) atoms. The second-order valence-corrected chi connectivity index (χ2v) is 10.4. The van der Waals surface area contributed by atoms with Gasteiger partial charge < -0.3 is 4.55 Å². The Balaban J connectivity index is 0.000000313. The van der Waals surface area contributed by atoms with Crippen LogP contribution in [0.4, 0.5) is 0 Å². The second kappa shape index (κ2) is 12.5. The molecule has 3 aromatic rings. The molecule has 3 rings (SSSR count). The monoisotopic (exact) mass is 429 g/mol. The molecule has 154 valence electrons. The first kappa shape index (κ1) is 23.2. The van der Waals surface area contributed by atoms with Crippen LogP contribution in [-0.2, 0) is 16.7 Å². The molecule has 4 nitrogen and oxygen atoms in total. The Morgan fingerprint density at radius 2 is 1.28 bits per heavy atom. The lowest BCUT2D eigenvalue weighted by atomic mass is 10.4. The Bertz CT molecular complexity index is 881. The van der Waals surface area contributed by atoms with E-state index in [-0.39, 0.29) is 5.75 Å². The molecular formula is C23H28NO3PS. The fourth-order valence-electron chi connectivity index (χ4n) is 2.82. The minimum Gasteiger partial charge on any atom is -0.748 e. The van der Waals surface area contributed by atoms with Crippen LogP contribution in [-0.4, -0.2) is 24.9 Å². The third kappa shape index (κ3) is 9.31. The number of benzene rings is 2. The smallest absolute Gasteiger partial charge is 0.168 e. The van der Waals surface area contributed by atoms with Gasteiger partial charge in [0, 0.05) is 17.9 Å². The Kier molecular flexibility index (Phi) is 9.99. The summed E-state index contributed by atoms with van der Waals surface area (Å²) in [7, 11) is -4.59. The van der Waals surface area contributed by atoms with Crippen molar-refractivity contribution in [1.82, 2.24) is 0 Å². The molecule has 0 radical (unpaired) electrons. The lowest BCUT2D eigenvalue weighted by Gasteiger charge is -2.18. The van der Waals surface area contributed by atoms with Gasteiger partial charge in [0.15, 0.2) is 12.4 Å². The summed E-state index contributed by atoms with van der Waals surface area (Å²) < 4.78 is 34.1. The van der Waals surface area contributed by atoms with Crippen LogP contribution >= 0.6 is 7.92 Å². The van der Waals surface area contributed by atoms with Crippen molar-refractivity contribution in [2.24, 2.45) is 0 Å². The summed E-state index contributed by atoms with van der Waals surface area (Å²) in [6.45, 7) is 3.18. The first-order valence-electron chi connectivity index (χ1n) is 9.75. The average molecular weight is 430 g/mol. The number of aromatic nitrogens is 1. The molecule has 0 spiro atoms. The summed E-state index contributed by atoms with van der Waals surface area (Å²) in [4.78, 5) is 0. The van der Waals surface area contributed by atoms with Crippen molar-refractivity contribution in [1.29, 1.82) is 0 Å². The lowest BCUT2D eigenvalue weighted by Crippen LogP contribution is -2.30. The first-order chi connectivity index (χ1) is 14.0. The van der Waals surface area contributed by atoms with Crippen LogP contribution in [0.3, 0.4) is 0 Å². The Hall–Kier alpha value is -2.07. The molecule has 0 bridgehead atoms. The molecule has 0 unspecified atom stereocenters. The Labute approximate surface area is 175 Å². The third-order valence-corrected chi connectivity index (χ3v) is 7.70. The van der Waals surface area contributed by atoms with Crippen molar-refractivity contribution >= 4 is 28.6 Å². The van der Waals surface area contributed by atoms with Gasteiger partial charge in [0.25, 0.3) is 0 Å². The number of pyridine rings is 1. The molecule has 0 atom stereocenters. The fourth-order valence-corrected chi connectivity index (χ4v) is 5.79. The SMILES string of the molecule is CC[n+]1ccccc1.O=S(=O)([O-])CCCCP(c1ccccc1)c1ccccc1. The normalized spacial score (nSPS) is 11.0. The van der Waals surface area contributed by atoms with E-state index in [1.165, 1.54) is 10.6 Å². The number of unbranched alkanes of at least 4 members (excludes halogenated alkanes) is 1. The van der Waals surface area contributed by atoms with Crippen molar-refractivity contribution < 1.29 is 17.5 Å². The number of rotatable bonds is 8. The van der Waals surface area contributed by atoms with Gasteiger partial charge in [-0.2, -0.15) is 0 Å². The summed E-state index contributed by atoms with van der Waals surface area (Å²) in [5.74, 6) is -0.264. The number of aryl methyl sites for hydroxylation is 1. The lowest BCUT2D eigenvalue weighted by molar-refractivity contribution is -0.693. The van der Waals surface area contributed by atoms with Crippen molar-refractivity contribution in [3.8, 4) is 0 Å². The summed E-state index contributed by atoms with van der Waals surface area (Å²) in [5, 5.41) is 2.56. The molecule has 0 fully saturated rings. The van der Waals surface area contributed by atoms with E-state index < -0.39 is 18.0 Å². The molecule has 1 heterocycles. The van der Waals surface area contributed by atoms with E-state index in [2.05, 4.69) is 48.1 Å². The van der Waals surface area contributed by atoms with Gasteiger partial charge in [0.2, 0.25) is 0 Å². The molecule has 0 aliphatic rings. The van der Waals surface area contributed by atoms with Gasteiger partial charge in [-0.15, -0.1) is 0 Å². The summed E-state index contributed by atoms with van der Waals surface area (Å²) >= 11 is 0. The Morgan fingerprint density at radius 1 is 0.793 bits per heavy atom. The van der Waals surface area contributed by atoms with Gasteiger partial charge in [-0.3, -0.25) is 0 Å². The molecule has 0 saturated carbocycles. The number of hydrogen-bond acceptors (Lipinski definition) is 3. The molecule has 0 N–H and O–H groups in total. The average Bonchev–Trinajstić information content (AvgIpc) is 2.75. The molecular weight excluding hydrogens is 401 g/mol. The van der Waals surface area contributed by atoms with Gasteiger partial charge in [0.1, 0.15) is 6.54 Å². The second-order valence-electron chi connectivity index (χ2n) is 6.50. The molecule has 0 aliphatic heterocycles. The van der Waals surface area contributed by atoms with E-state index in [4.69, 9.17) is 0 Å². The van der Waals surface area contributed by atoms with Crippen LogP contribution in [0.5, 0.6) is 0 Å². The maximum atomic E-state index is 10.7. The zero-order chi connectivity index (χ0) is 21.0. The van der Waals surface area contributed by atoms with E-state index in [0.717, 1.165) is 19.1 Å². The maximum absolute atomic E-state index is 10.7. The van der Waals surface area contributed by atoms with E-state index >= 15 is 0 Å². The number of hydrogen-bond donors (Lipinski definition) is 0. The van der Waals surface area contributed by atoms with E-state index in [0.29, 0.717) is 6.42 Å². The summed E-state index contributed by atoms with van der Waals surface area (Å²) in [6.07, 6.45) is 6.19. The van der Waals surface area contributed by atoms with Crippen LogP contribution in [0.2, 0.25) is 0 Å². The highest BCUT2D eigenvalue weighted by Crippen LogP contribution is 2.34. The van der Waals surface area contributed by atoms with Gasteiger partial charge in [-0.1, -0.05) is 66.7 Å². The molecule has 0 aliphatic carbocycles. The maximum Gasteiger partial charge on any atom is 0.168 e. The van der Waals surface area contributed by atoms with Crippen molar-refractivity contribution in [3.05, 3.63) is 91.3 Å². The molecule has 0 amide bonds. The van der Waals surface area contributed by atoms with Gasteiger partial charge in [-0.25, -0.2) is 13.0 Å². The topological polar surface area (TPSA) is 61.1 Å².